The fourth-order valence-corrected chi connectivity index (χ4v) is 4.94. The molecule has 8 heteroatoms. The van der Waals surface area contributed by atoms with Crippen LogP contribution in [-0.2, 0) is 6.54 Å². The van der Waals surface area contributed by atoms with Gasteiger partial charge in [0.15, 0.2) is 16.9 Å². The fraction of sp³-hybridized carbons (Fsp3) is 0.185. The van der Waals surface area contributed by atoms with Crippen LogP contribution in [0, 0.1) is 6.92 Å². The molecule has 0 unspecified atom stereocenters. The first-order chi connectivity index (χ1) is 16.8. The number of halogens is 1. The van der Waals surface area contributed by atoms with Gasteiger partial charge in [-0.3, -0.25) is 9.59 Å². The molecule has 1 amide bonds. The summed E-state index contributed by atoms with van der Waals surface area (Å²) in [6.45, 7) is 2.12. The maximum absolute atomic E-state index is 13.7. The number of hydrogen-bond acceptors (Lipinski definition) is 6. The molecule has 3 aromatic carbocycles. The average molecular weight is 536 g/mol. The van der Waals surface area contributed by atoms with Crippen LogP contribution in [0.4, 0.5) is 0 Å². The van der Waals surface area contributed by atoms with Crippen LogP contribution in [0.1, 0.15) is 38.9 Å². The summed E-state index contributed by atoms with van der Waals surface area (Å²) >= 11 is 3.36. The van der Waals surface area contributed by atoms with E-state index in [0.29, 0.717) is 26.8 Å². The van der Waals surface area contributed by atoms with Crippen molar-refractivity contribution in [1.29, 1.82) is 0 Å². The van der Waals surface area contributed by atoms with Crippen LogP contribution in [0.15, 0.2) is 68.3 Å². The van der Waals surface area contributed by atoms with Gasteiger partial charge in [0.2, 0.25) is 5.76 Å². The van der Waals surface area contributed by atoms with Crippen molar-refractivity contribution in [3.63, 3.8) is 0 Å². The minimum atomic E-state index is -0.744. The highest BCUT2D eigenvalue weighted by Gasteiger charge is 2.43. The van der Waals surface area contributed by atoms with E-state index in [1.165, 1.54) is 7.11 Å². The Hall–Kier alpha value is -3.78. The minimum Gasteiger partial charge on any atom is -0.503 e. The van der Waals surface area contributed by atoms with Gasteiger partial charge in [0, 0.05) is 6.54 Å². The van der Waals surface area contributed by atoms with Crippen LogP contribution in [0.3, 0.4) is 0 Å². The maximum atomic E-state index is 13.7. The third kappa shape index (κ3) is 3.83. The Morgan fingerprint density at radius 2 is 1.77 bits per heavy atom. The molecule has 0 radical (unpaired) electrons. The molecule has 1 aliphatic rings. The van der Waals surface area contributed by atoms with E-state index in [2.05, 4.69) is 15.9 Å². The Bertz CT molecular complexity index is 1530. The number of hydrogen-bond donors (Lipinski definition) is 1. The Kier molecular flexibility index (Phi) is 5.76. The number of carbonyl (C=O) groups excluding carboxylic acids is 1. The van der Waals surface area contributed by atoms with Crippen molar-refractivity contribution in [1.82, 2.24) is 4.90 Å². The molecule has 1 atom stereocenters. The van der Waals surface area contributed by atoms with Crippen molar-refractivity contribution < 1.29 is 23.8 Å². The zero-order valence-electron chi connectivity index (χ0n) is 19.3. The van der Waals surface area contributed by atoms with Crippen molar-refractivity contribution in [2.75, 3.05) is 14.2 Å². The van der Waals surface area contributed by atoms with Gasteiger partial charge in [0.1, 0.15) is 11.3 Å². The molecule has 0 aliphatic carbocycles. The number of amides is 1. The molecule has 178 valence electrons. The second-order valence-corrected chi connectivity index (χ2v) is 9.27. The number of methoxy groups -OCH3 is 2. The lowest BCUT2D eigenvalue weighted by molar-refractivity contribution is 0.0714. The standard InChI is InChI=1S/C27H22BrNO6/c1-14-4-9-20-18(10-14)24(30)22-23(16-11-19(28)25(31)21(12-16)34-3)29(27(32)26(22)35-20)13-15-5-7-17(33-2)8-6-15/h4-12,23,31H,13H2,1-3H3/t23-/m1/s1. The van der Waals surface area contributed by atoms with Crippen molar-refractivity contribution in [3.8, 4) is 17.2 Å². The maximum Gasteiger partial charge on any atom is 0.291 e. The molecular weight excluding hydrogens is 514 g/mol. The summed E-state index contributed by atoms with van der Waals surface area (Å²) in [7, 11) is 3.03. The third-order valence-corrected chi connectivity index (χ3v) is 6.82. The summed E-state index contributed by atoms with van der Waals surface area (Å²) in [4.78, 5) is 29.0. The van der Waals surface area contributed by atoms with Crippen molar-refractivity contribution in [3.05, 3.63) is 97.3 Å². The molecule has 0 spiro atoms. The predicted octanol–water partition coefficient (Wildman–Crippen LogP) is 5.33. The number of benzene rings is 3. The van der Waals surface area contributed by atoms with Gasteiger partial charge in [-0.05, 0) is 70.4 Å². The molecule has 2 heterocycles. The largest absolute Gasteiger partial charge is 0.503 e. The van der Waals surface area contributed by atoms with Crippen LogP contribution < -0.4 is 14.9 Å². The number of phenolic OH excluding ortho intramolecular Hbond substituents is 1. The number of phenols is 1. The van der Waals surface area contributed by atoms with Crippen LogP contribution in [-0.4, -0.2) is 30.1 Å². The van der Waals surface area contributed by atoms with Crippen LogP contribution >= 0.6 is 15.9 Å². The van der Waals surface area contributed by atoms with Crippen molar-refractivity contribution >= 4 is 32.8 Å². The van der Waals surface area contributed by atoms with Crippen LogP contribution in [0.2, 0.25) is 0 Å². The summed E-state index contributed by atoms with van der Waals surface area (Å²) < 4.78 is 17.0. The normalized spacial score (nSPS) is 14.9. The Labute approximate surface area is 209 Å². The number of carbonyl (C=O) groups is 1. The van der Waals surface area contributed by atoms with Gasteiger partial charge >= 0.3 is 0 Å². The van der Waals surface area contributed by atoms with E-state index in [0.717, 1.165) is 11.1 Å². The number of ether oxygens (including phenoxy) is 2. The number of fused-ring (bicyclic) bond motifs is 2. The van der Waals surface area contributed by atoms with Gasteiger partial charge < -0.3 is 23.9 Å². The summed E-state index contributed by atoms with van der Waals surface area (Å²) in [5, 5.41) is 10.8. The third-order valence-electron chi connectivity index (χ3n) is 6.22. The summed E-state index contributed by atoms with van der Waals surface area (Å²) in [6, 6.07) is 15.3. The molecule has 1 aromatic heterocycles. The quantitative estimate of drug-likeness (QED) is 0.371. The highest BCUT2D eigenvalue weighted by Crippen LogP contribution is 2.44. The van der Waals surface area contributed by atoms with Gasteiger partial charge in [0.25, 0.3) is 5.91 Å². The zero-order chi connectivity index (χ0) is 24.9. The second kappa shape index (κ2) is 8.78. The summed E-state index contributed by atoms with van der Waals surface area (Å²) in [6.07, 6.45) is 0. The fourth-order valence-electron chi connectivity index (χ4n) is 4.48. The van der Waals surface area contributed by atoms with Crippen LogP contribution in [0.5, 0.6) is 17.2 Å². The molecule has 7 nitrogen and oxygen atoms in total. The highest BCUT2D eigenvalue weighted by molar-refractivity contribution is 9.10. The van der Waals surface area contributed by atoms with Crippen LogP contribution in [0.25, 0.3) is 11.0 Å². The van der Waals surface area contributed by atoms with Crippen molar-refractivity contribution in [2.45, 2.75) is 19.5 Å². The van der Waals surface area contributed by atoms with E-state index < -0.39 is 6.04 Å². The van der Waals surface area contributed by atoms with Gasteiger partial charge in [0.05, 0.1) is 35.7 Å². The minimum absolute atomic E-state index is 0.0213. The van der Waals surface area contributed by atoms with E-state index in [9.17, 15) is 14.7 Å². The van der Waals surface area contributed by atoms with E-state index in [4.69, 9.17) is 13.9 Å². The number of aromatic hydroxyl groups is 1. The lowest BCUT2D eigenvalue weighted by atomic mass is 9.97. The predicted molar refractivity (Wildman–Crippen MR) is 134 cm³/mol. The van der Waals surface area contributed by atoms with Gasteiger partial charge in [-0.15, -0.1) is 0 Å². The average Bonchev–Trinajstić information content (AvgIpc) is 3.13. The van der Waals surface area contributed by atoms with Gasteiger partial charge in [-0.25, -0.2) is 0 Å². The topological polar surface area (TPSA) is 89.2 Å². The number of nitrogens with zero attached hydrogens (tertiary/aromatic N) is 1. The lowest BCUT2D eigenvalue weighted by Gasteiger charge is -2.26. The van der Waals surface area contributed by atoms with Gasteiger partial charge in [-0.1, -0.05) is 23.8 Å². The molecule has 4 aromatic rings. The number of aryl methyl sites for hydroxylation is 1. The Balaban J connectivity index is 1.73. The van der Waals surface area contributed by atoms with E-state index >= 15 is 0 Å². The van der Waals surface area contributed by atoms with E-state index in [-0.39, 0.29) is 40.7 Å². The van der Waals surface area contributed by atoms with Crippen molar-refractivity contribution in [2.24, 2.45) is 0 Å². The van der Waals surface area contributed by atoms with Gasteiger partial charge in [-0.2, -0.15) is 0 Å². The smallest absolute Gasteiger partial charge is 0.291 e. The molecule has 5 rings (SSSR count). The molecule has 35 heavy (non-hydrogen) atoms. The van der Waals surface area contributed by atoms with E-state index in [1.54, 1.807) is 36.3 Å². The lowest BCUT2D eigenvalue weighted by Crippen LogP contribution is -2.29. The molecular formula is C27H22BrNO6. The Morgan fingerprint density at radius 3 is 2.46 bits per heavy atom. The zero-order valence-corrected chi connectivity index (χ0v) is 20.9. The molecule has 0 bridgehead atoms. The summed E-state index contributed by atoms with van der Waals surface area (Å²) in [5.74, 6) is 0.493. The molecule has 0 saturated carbocycles. The Morgan fingerprint density at radius 1 is 1.03 bits per heavy atom. The highest BCUT2D eigenvalue weighted by atomic mass is 79.9. The monoisotopic (exact) mass is 535 g/mol. The number of rotatable bonds is 5. The second-order valence-electron chi connectivity index (χ2n) is 8.41. The molecule has 1 N–H and O–H groups in total. The first-order valence-corrected chi connectivity index (χ1v) is 11.7. The summed E-state index contributed by atoms with van der Waals surface area (Å²) in [5.41, 5.74) is 2.74. The SMILES string of the molecule is COc1ccc(CN2C(=O)c3oc4ccc(C)cc4c(=O)c3[C@H]2c2cc(Br)c(O)c(OC)c2)cc1. The first-order valence-electron chi connectivity index (χ1n) is 10.9. The molecule has 1 aliphatic heterocycles. The van der Waals surface area contributed by atoms with E-state index in [1.807, 2.05) is 37.3 Å². The molecule has 0 fully saturated rings. The molecule has 0 saturated heterocycles. The first kappa shape index (κ1) is 23.0.